The molecule has 0 saturated heterocycles. The first-order valence-corrected chi connectivity index (χ1v) is 8.83. The normalized spacial score (nSPS) is 24.6. The number of hydrogen-bond donors (Lipinski definition) is 1. The van der Waals surface area contributed by atoms with E-state index in [9.17, 15) is 15.8 Å². The minimum Gasteiger partial charge on any atom is -0.399 e. The van der Waals surface area contributed by atoms with Crippen molar-refractivity contribution in [3.8, 4) is 18.2 Å². The average molecular weight is 343 g/mol. The van der Waals surface area contributed by atoms with E-state index in [4.69, 9.17) is 5.73 Å². The lowest BCUT2D eigenvalue weighted by molar-refractivity contribution is 0.207. The minimum atomic E-state index is -1.54. The summed E-state index contributed by atoms with van der Waals surface area (Å²) < 4.78 is 0. The van der Waals surface area contributed by atoms with Gasteiger partial charge in [-0.3, -0.25) is 4.90 Å². The van der Waals surface area contributed by atoms with Crippen LogP contribution in [0.4, 0.5) is 0 Å². The molecule has 1 aliphatic heterocycles. The zero-order valence-corrected chi connectivity index (χ0v) is 14.8. The van der Waals surface area contributed by atoms with Crippen LogP contribution < -0.4 is 5.73 Å². The predicted molar refractivity (Wildman–Crippen MR) is 98.0 cm³/mol. The van der Waals surface area contributed by atoms with Crippen LogP contribution in [0.2, 0.25) is 0 Å². The third-order valence-corrected chi connectivity index (χ3v) is 5.44. The van der Waals surface area contributed by atoms with Gasteiger partial charge in [-0.25, -0.2) is 0 Å². The first-order valence-electron chi connectivity index (χ1n) is 8.83. The first-order chi connectivity index (χ1) is 12.6. The maximum Gasteiger partial charge on any atom is 0.191 e. The number of hydrogen-bond acceptors (Lipinski definition) is 5. The van der Waals surface area contributed by atoms with Crippen molar-refractivity contribution in [3.63, 3.8) is 0 Å². The van der Waals surface area contributed by atoms with Crippen molar-refractivity contribution in [2.75, 3.05) is 19.6 Å². The molecule has 5 nitrogen and oxygen atoms in total. The number of allylic oxidation sites excluding steroid dienone is 2. The van der Waals surface area contributed by atoms with Crippen LogP contribution >= 0.6 is 0 Å². The number of rotatable bonds is 3. The Balaban J connectivity index is 2.26. The van der Waals surface area contributed by atoms with E-state index in [1.54, 1.807) is 0 Å². The molecule has 3 rings (SSSR count). The molecule has 0 aromatic heterocycles. The van der Waals surface area contributed by atoms with Crippen LogP contribution in [0.1, 0.15) is 24.8 Å². The Morgan fingerprint density at radius 3 is 2.46 bits per heavy atom. The molecule has 2 N–H and O–H groups in total. The van der Waals surface area contributed by atoms with Gasteiger partial charge in [0, 0.05) is 24.9 Å². The number of nitrogens with two attached hydrogens (primary N) is 1. The number of nitrogens with zero attached hydrogens (tertiary/aromatic N) is 4. The standard InChI is InChI=1S/C21H21N5/c1-2-9-26-10-8-16-17(11-22)20(25)21(13-23,14-24)19(18(16)12-26)15-6-4-3-5-7-15/h3-8,18-19H,2,9-10,12,25H2,1H3/t18-,19-/m0/s1. The van der Waals surface area contributed by atoms with E-state index in [0.29, 0.717) is 12.1 Å². The lowest BCUT2D eigenvalue weighted by Gasteiger charge is -2.45. The van der Waals surface area contributed by atoms with Crippen molar-refractivity contribution in [2.45, 2.75) is 19.3 Å². The van der Waals surface area contributed by atoms with Crippen LogP contribution in [0.15, 0.2) is 53.3 Å². The van der Waals surface area contributed by atoms with Crippen LogP contribution in [0.5, 0.6) is 0 Å². The molecule has 0 bridgehead atoms. The molecular weight excluding hydrogens is 322 g/mol. The third kappa shape index (κ3) is 2.57. The second-order valence-electron chi connectivity index (χ2n) is 6.85. The van der Waals surface area contributed by atoms with E-state index in [2.05, 4.69) is 30.0 Å². The topological polar surface area (TPSA) is 101 Å². The molecule has 0 unspecified atom stereocenters. The van der Waals surface area contributed by atoms with E-state index < -0.39 is 11.3 Å². The molecule has 2 aliphatic rings. The monoisotopic (exact) mass is 343 g/mol. The summed E-state index contributed by atoms with van der Waals surface area (Å²) >= 11 is 0. The fraction of sp³-hybridized carbons (Fsp3) is 0.381. The quantitative estimate of drug-likeness (QED) is 0.909. The van der Waals surface area contributed by atoms with E-state index in [-0.39, 0.29) is 11.6 Å². The fourth-order valence-electron chi connectivity index (χ4n) is 4.28. The summed E-state index contributed by atoms with van der Waals surface area (Å²) in [6.07, 6.45) is 3.07. The van der Waals surface area contributed by atoms with E-state index in [1.165, 1.54) is 0 Å². The van der Waals surface area contributed by atoms with Crippen LogP contribution in [-0.4, -0.2) is 24.5 Å². The highest BCUT2D eigenvalue weighted by Gasteiger charge is 2.54. The number of nitriles is 3. The van der Waals surface area contributed by atoms with Crippen LogP contribution in [-0.2, 0) is 0 Å². The molecule has 1 aliphatic carbocycles. The molecule has 1 heterocycles. The van der Waals surface area contributed by atoms with Gasteiger partial charge in [-0.2, -0.15) is 15.8 Å². The van der Waals surface area contributed by atoms with Crippen molar-refractivity contribution >= 4 is 0 Å². The Morgan fingerprint density at radius 2 is 1.88 bits per heavy atom. The van der Waals surface area contributed by atoms with Crippen molar-refractivity contribution in [2.24, 2.45) is 17.1 Å². The van der Waals surface area contributed by atoms with Gasteiger partial charge in [0.25, 0.3) is 0 Å². The molecule has 1 aromatic carbocycles. The molecule has 0 amide bonds. The van der Waals surface area contributed by atoms with E-state index >= 15 is 0 Å². The summed E-state index contributed by atoms with van der Waals surface area (Å²) in [6.45, 7) is 4.53. The zero-order valence-electron chi connectivity index (χ0n) is 14.8. The maximum atomic E-state index is 9.99. The lowest BCUT2D eigenvalue weighted by Crippen LogP contribution is -2.48. The van der Waals surface area contributed by atoms with Gasteiger partial charge in [-0.15, -0.1) is 0 Å². The van der Waals surface area contributed by atoms with Gasteiger partial charge in [0.1, 0.15) is 6.07 Å². The Kier molecular flexibility index (Phi) is 4.81. The highest BCUT2D eigenvalue weighted by Crippen LogP contribution is 2.54. The number of benzene rings is 1. The van der Waals surface area contributed by atoms with Gasteiger partial charge in [0.15, 0.2) is 5.41 Å². The summed E-state index contributed by atoms with van der Waals surface area (Å²) in [7, 11) is 0. The summed E-state index contributed by atoms with van der Waals surface area (Å²) in [5.41, 5.74) is 6.92. The fourth-order valence-corrected chi connectivity index (χ4v) is 4.28. The van der Waals surface area contributed by atoms with Crippen molar-refractivity contribution in [1.29, 1.82) is 15.8 Å². The van der Waals surface area contributed by atoms with Gasteiger partial charge in [0.2, 0.25) is 0 Å². The Bertz CT molecular complexity index is 862. The molecule has 5 heteroatoms. The van der Waals surface area contributed by atoms with Crippen molar-refractivity contribution in [3.05, 3.63) is 58.8 Å². The molecule has 0 spiro atoms. The summed E-state index contributed by atoms with van der Waals surface area (Å²) in [6, 6.07) is 16.1. The Morgan fingerprint density at radius 1 is 1.19 bits per heavy atom. The lowest BCUT2D eigenvalue weighted by atomic mass is 9.58. The SMILES string of the molecule is CCCN1CC=C2C(C#N)=C(N)C(C#N)(C#N)[C@@H](c3ccccc3)[C@H]2C1. The zero-order chi connectivity index (χ0) is 18.7. The highest BCUT2D eigenvalue weighted by atomic mass is 15.1. The molecular formula is C21H21N5. The number of fused-ring (bicyclic) bond motifs is 1. The molecule has 26 heavy (non-hydrogen) atoms. The predicted octanol–water partition coefficient (Wildman–Crippen LogP) is 2.82. The molecule has 0 fully saturated rings. The van der Waals surface area contributed by atoms with Gasteiger partial charge in [-0.05, 0) is 24.1 Å². The largest absolute Gasteiger partial charge is 0.399 e. The summed E-state index contributed by atoms with van der Waals surface area (Å²) in [4.78, 5) is 2.31. The van der Waals surface area contributed by atoms with Gasteiger partial charge in [0.05, 0.1) is 23.4 Å². The van der Waals surface area contributed by atoms with E-state index in [0.717, 1.165) is 30.6 Å². The molecule has 0 saturated carbocycles. The minimum absolute atomic E-state index is 0.0882. The van der Waals surface area contributed by atoms with Crippen LogP contribution in [0.3, 0.4) is 0 Å². The van der Waals surface area contributed by atoms with E-state index in [1.807, 2.05) is 36.4 Å². The molecule has 0 radical (unpaired) electrons. The second kappa shape index (κ2) is 7.04. The van der Waals surface area contributed by atoms with Crippen LogP contribution in [0.25, 0.3) is 0 Å². The maximum absolute atomic E-state index is 9.99. The Labute approximate surface area is 154 Å². The molecule has 130 valence electrons. The van der Waals surface area contributed by atoms with Crippen molar-refractivity contribution < 1.29 is 0 Å². The summed E-state index contributed by atoms with van der Waals surface area (Å²) in [5.74, 6) is -0.513. The first kappa shape index (κ1) is 17.7. The Hall–Kier alpha value is -3.07. The average Bonchev–Trinajstić information content (AvgIpc) is 2.68. The van der Waals surface area contributed by atoms with Gasteiger partial charge < -0.3 is 5.73 Å². The second-order valence-corrected chi connectivity index (χ2v) is 6.85. The highest BCUT2D eigenvalue weighted by molar-refractivity contribution is 5.59. The van der Waals surface area contributed by atoms with Crippen molar-refractivity contribution in [1.82, 2.24) is 4.90 Å². The summed E-state index contributed by atoms with van der Waals surface area (Å²) in [5, 5.41) is 29.7. The van der Waals surface area contributed by atoms with Gasteiger partial charge >= 0.3 is 0 Å². The van der Waals surface area contributed by atoms with Crippen LogP contribution in [0, 0.1) is 45.3 Å². The molecule has 2 atom stereocenters. The van der Waals surface area contributed by atoms with Gasteiger partial charge in [-0.1, -0.05) is 43.3 Å². The smallest absolute Gasteiger partial charge is 0.191 e. The third-order valence-electron chi connectivity index (χ3n) is 5.44. The molecule has 1 aromatic rings.